The molecule has 1 heterocycles. The van der Waals surface area contributed by atoms with Gasteiger partial charge < -0.3 is 25.4 Å². The minimum absolute atomic E-state index is 0.0240. The van der Waals surface area contributed by atoms with Crippen LogP contribution in [0.4, 0.5) is 22.7 Å². The van der Waals surface area contributed by atoms with Gasteiger partial charge in [-0.1, -0.05) is 81.0 Å². The lowest BCUT2D eigenvalue weighted by Crippen LogP contribution is -2.34. The third-order valence-corrected chi connectivity index (χ3v) is 13.0. The van der Waals surface area contributed by atoms with Crippen LogP contribution in [0.25, 0.3) is 0 Å². The SMILES string of the molecule is CC(C)Oc1ccc(CCNc2ccc([N+](=O)[O-])cc2C2(C/C=C/C/C=C3/N(CCc4ccc(OC(C)C)cc4)c4ccc(N)cc4C34CCCCC4)CCCCC2)cc1. The number of nitro benzene ring substituents is 1. The fourth-order valence-electron chi connectivity index (χ4n) is 10.2. The highest BCUT2D eigenvalue weighted by atomic mass is 16.6. The lowest BCUT2D eigenvalue weighted by Gasteiger charge is -2.38. The third-order valence-electron chi connectivity index (χ3n) is 13.0. The highest BCUT2D eigenvalue weighted by molar-refractivity contribution is 5.74. The van der Waals surface area contributed by atoms with Crippen molar-refractivity contribution in [1.82, 2.24) is 0 Å². The summed E-state index contributed by atoms with van der Waals surface area (Å²) >= 11 is 0. The largest absolute Gasteiger partial charge is 0.491 e. The number of fused-ring (bicyclic) bond motifs is 2. The number of allylic oxidation sites excluding steroid dienone is 4. The van der Waals surface area contributed by atoms with Gasteiger partial charge in [-0.15, -0.1) is 0 Å². The Bertz CT molecular complexity index is 2110. The first-order chi connectivity index (χ1) is 29.0. The maximum absolute atomic E-state index is 12.1. The van der Waals surface area contributed by atoms with Crippen LogP contribution in [-0.2, 0) is 23.7 Å². The Morgan fingerprint density at radius 2 is 1.37 bits per heavy atom. The van der Waals surface area contributed by atoms with Crippen LogP contribution in [0.1, 0.15) is 127 Å². The van der Waals surface area contributed by atoms with Gasteiger partial charge in [0.05, 0.1) is 17.1 Å². The van der Waals surface area contributed by atoms with Crippen LogP contribution in [0.15, 0.2) is 109 Å². The van der Waals surface area contributed by atoms with Crippen molar-refractivity contribution < 1.29 is 14.4 Å². The Kier molecular flexibility index (Phi) is 13.9. The number of hydrogen-bond acceptors (Lipinski definition) is 7. The summed E-state index contributed by atoms with van der Waals surface area (Å²) in [6, 6.07) is 28.9. The number of nitrogens with zero attached hydrogens (tertiary/aromatic N) is 2. The Morgan fingerprint density at radius 3 is 1.98 bits per heavy atom. The molecule has 2 fully saturated rings. The number of nitrogen functional groups attached to an aromatic ring is 1. The van der Waals surface area contributed by atoms with E-state index in [4.69, 9.17) is 15.2 Å². The van der Waals surface area contributed by atoms with Gasteiger partial charge in [0, 0.05) is 58.8 Å². The Labute approximate surface area is 358 Å². The summed E-state index contributed by atoms with van der Waals surface area (Å²) in [5, 5.41) is 15.9. The first-order valence-corrected chi connectivity index (χ1v) is 22.6. The average Bonchev–Trinajstić information content (AvgIpc) is 3.47. The Morgan fingerprint density at radius 1 is 0.750 bits per heavy atom. The van der Waals surface area contributed by atoms with Gasteiger partial charge in [0.25, 0.3) is 5.69 Å². The highest BCUT2D eigenvalue weighted by Gasteiger charge is 2.47. The van der Waals surface area contributed by atoms with E-state index in [-0.39, 0.29) is 33.6 Å². The molecule has 60 heavy (non-hydrogen) atoms. The maximum Gasteiger partial charge on any atom is 0.269 e. The molecule has 0 atom stereocenters. The fourth-order valence-corrected chi connectivity index (χ4v) is 10.2. The normalized spacial score (nSPS) is 17.8. The van der Waals surface area contributed by atoms with Crippen LogP contribution < -0.4 is 25.4 Å². The van der Waals surface area contributed by atoms with Crippen molar-refractivity contribution in [2.75, 3.05) is 29.0 Å². The number of rotatable bonds is 17. The van der Waals surface area contributed by atoms with E-state index in [2.05, 4.69) is 96.9 Å². The Hall–Kier alpha value is -5.24. The lowest BCUT2D eigenvalue weighted by atomic mass is 9.66. The highest BCUT2D eigenvalue weighted by Crippen LogP contribution is 2.56. The van der Waals surface area contributed by atoms with Crippen LogP contribution in [0, 0.1) is 10.1 Å². The molecule has 1 aliphatic heterocycles. The van der Waals surface area contributed by atoms with Crippen LogP contribution in [0.5, 0.6) is 11.5 Å². The number of nitro groups is 1. The van der Waals surface area contributed by atoms with E-state index in [1.165, 1.54) is 53.8 Å². The van der Waals surface area contributed by atoms with Gasteiger partial charge in [-0.05, 0) is 150 Å². The van der Waals surface area contributed by atoms with Crippen LogP contribution >= 0.6 is 0 Å². The van der Waals surface area contributed by atoms with Crippen molar-refractivity contribution in [2.24, 2.45) is 0 Å². The molecular formula is C52H66N4O4. The minimum atomic E-state index is -0.247. The zero-order valence-corrected chi connectivity index (χ0v) is 36.4. The number of hydrogen-bond donors (Lipinski definition) is 2. The monoisotopic (exact) mass is 811 g/mol. The second kappa shape index (κ2) is 19.4. The predicted molar refractivity (Wildman–Crippen MR) is 248 cm³/mol. The summed E-state index contributed by atoms with van der Waals surface area (Å²) in [5.41, 5.74) is 16.0. The van der Waals surface area contributed by atoms with Crippen LogP contribution in [0.3, 0.4) is 0 Å². The molecule has 0 unspecified atom stereocenters. The molecule has 4 aromatic carbocycles. The van der Waals surface area contributed by atoms with E-state index >= 15 is 0 Å². The molecule has 7 rings (SSSR count). The van der Waals surface area contributed by atoms with Gasteiger partial charge in [-0.25, -0.2) is 0 Å². The van der Waals surface area contributed by atoms with E-state index in [1.54, 1.807) is 6.07 Å². The van der Waals surface area contributed by atoms with Gasteiger partial charge in [0.15, 0.2) is 0 Å². The second-order valence-electron chi connectivity index (χ2n) is 17.9. The molecule has 318 valence electrons. The first-order valence-electron chi connectivity index (χ1n) is 22.6. The summed E-state index contributed by atoms with van der Waals surface area (Å²) in [7, 11) is 0. The molecule has 3 aliphatic rings. The van der Waals surface area contributed by atoms with Gasteiger partial charge in [-0.3, -0.25) is 10.1 Å². The molecule has 0 saturated heterocycles. The summed E-state index contributed by atoms with van der Waals surface area (Å²) in [6.45, 7) is 9.81. The predicted octanol–water partition coefficient (Wildman–Crippen LogP) is 12.8. The molecule has 2 aliphatic carbocycles. The Balaban J connectivity index is 1.11. The van der Waals surface area contributed by atoms with E-state index in [0.29, 0.717) is 0 Å². The zero-order chi connectivity index (χ0) is 42.1. The van der Waals surface area contributed by atoms with Crippen molar-refractivity contribution in [3.8, 4) is 11.5 Å². The standard InChI is InChI=1S/C52H66N4O4/c1-38(2)59-44-21-15-40(16-22-44)27-34-54-48-25-20-43(56(57)58)37-46(48)51(30-10-6-11-31-51)29-9-5-8-14-50-52(32-12-7-13-33-52)47-36-42(53)19-26-49(47)55(50)35-28-41-17-23-45(24-18-41)60-39(3)4/h5,9,14-26,36-39,54H,6-8,10-13,27-35,53H2,1-4H3/b9-5+,50-14+. The quantitative estimate of drug-likeness (QED) is 0.0474. The van der Waals surface area contributed by atoms with Crippen LogP contribution in [-0.4, -0.2) is 30.2 Å². The van der Waals surface area contributed by atoms with Crippen molar-refractivity contribution in [3.05, 3.63) is 141 Å². The van der Waals surface area contributed by atoms with E-state index in [9.17, 15) is 10.1 Å². The van der Waals surface area contributed by atoms with Crippen molar-refractivity contribution in [1.29, 1.82) is 0 Å². The number of nitrogens with two attached hydrogens (primary N) is 1. The molecule has 8 nitrogen and oxygen atoms in total. The maximum atomic E-state index is 12.1. The fraction of sp³-hybridized carbons (Fsp3) is 0.462. The molecule has 1 spiro atoms. The van der Waals surface area contributed by atoms with Crippen LogP contribution in [0.2, 0.25) is 0 Å². The molecular weight excluding hydrogens is 745 g/mol. The molecule has 0 radical (unpaired) electrons. The topological polar surface area (TPSA) is 103 Å². The van der Waals surface area contributed by atoms with Crippen molar-refractivity contribution in [3.63, 3.8) is 0 Å². The first kappa shape index (κ1) is 42.9. The van der Waals surface area contributed by atoms with Crippen molar-refractivity contribution in [2.45, 2.75) is 141 Å². The van der Waals surface area contributed by atoms with Gasteiger partial charge in [0.1, 0.15) is 11.5 Å². The average molecular weight is 811 g/mol. The summed E-state index contributed by atoms with van der Waals surface area (Å²) in [4.78, 5) is 14.5. The molecule has 2 saturated carbocycles. The summed E-state index contributed by atoms with van der Waals surface area (Å²) in [6.07, 6.45) is 22.4. The van der Waals surface area contributed by atoms with E-state index in [1.807, 2.05) is 38.1 Å². The summed E-state index contributed by atoms with van der Waals surface area (Å²) in [5.74, 6) is 1.79. The zero-order valence-electron chi connectivity index (χ0n) is 36.4. The number of nitrogens with one attached hydrogen (secondary N) is 1. The molecule has 3 N–H and O–H groups in total. The van der Waals surface area contributed by atoms with Gasteiger partial charge in [0.2, 0.25) is 0 Å². The molecule has 0 aromatic heterocycles. The number of non-ortho nitro benzene ring substituents is 1. The molecule has 0 amide bonds. The van der Waals surface area contributed by atoms with Crippen molar-refractivity contribution >= 4 is 22.7 Å². The number of ether oxygens (including phenoxy) is 2. The minimum Gasteiger partial charge on any atom is -0.491 e. The number of anilines is 3. The summed E-state index contributed by atoms with van der Waals surface area (Å²) < 4.78 is 11.8. The third kappa shape index (κ3) is 10.0. The molecule has 0 bridgehead atoms. The van der Waals surface area contributed by atoms with E-state index < -0.39 is 0 Å². The number of benzene rings is 4. The second-order valence-corrected chi connectivity index (χ2v) is 17.9. The van der Waals surface area contributed by atoms with Gasteiger partial charge in [-0.2, -0.15) is 0 Å². The smallest absolute Gasteiger partial charge is 0.269 e. The molecule has 8 heteroatoms. The lowest BCUT2D eigenvalue weighted by molar-refractivity contribution is -0.385. The molecule has 4 aromatic rings. The van der Waals surface area contributed by atoms with E-state index in [0.717, 1.165) is 106 Å². The van der Waals surface area contributed by atoms with Gasteiger partial charge >= 0.3 is 0 Å².